The maximum Gasteiger partial charge on any atom is 0.142 e. The number of methoxy groups -OCH3 is 1. The van der Waals surface area contributed by atoms with Crippen molar-refractivity contribution in [2.75, 3.05) is 51.3 Å². The summed E-state index contributed by atoms with van der Waals surface area (Å²) in [6, 6.07) is 14.9. The fourth-order valence-corrected chi connectivity index (χ4v) is 3.63. The van der Waals surface area contributed by atoms with Crippen molar-refractivity contribution in [2.24, 2.45) is 0 Å². The van der Waals surface area contributed by atoms with Gasteiger partial charge in [0.15, 0.2) is 0 Å². The number of rotatable bonds is 8. The summed E-state index contributed by atoms with van der Waals surface area (Å²) >= 11 is 0. The Morgan fingerprint density at radius 1 is 1.00 bits per heavy atom. The summed E-state index contributed by atoms with van der Waals surface area (Å²) in [4.78, 5) is 4.86. The molecule has 0 N–H and O–H groups in total. The van der Waals surface area contributed by atoms with Gasteiger partial charge < -0.3 is 14.4 Å². The molecule has 146 valence electrons. The molecule has 1 fully saturated rings. The van der Waals surface area contributed by atoms with E-state index in [4.69, 9.17) is 9.47 Å². The van der Waals surface area contributed by atoms with Crippen molar-refractivity contribution < 1.29 is 13.9 Å². The number of hydrogen-bond acceptors (Lipinski definition) is 4. The number of benzene rings is 2. The van der Waals surface area contributed by atoms with Gasteiger partial charge >= 0.3 is 0 Å². The lowest BCUT2D eigenvalue weighted by Crippen LogP contribution is -2.47. The SMILES string of the molecule is CCOC(CCN1CCN(c2ccccc2OC)CC1)c1ccc(F)cc1. The molecule has 0 amide bonds. The average molecular weight is 372 g/mol. The van der Waals surface area contributed by atoms with Gasteiger partial charge in [0.2, 0.25) is 0 Å². The van der Waals surface area contributed by atoms with Crippen LogP contribution in [0.3, 0.4) is 0 Å². The molecule has 4 nitrogen and oxygen atoms in total. The van der Waals surface area contributed by atoms with Crippen LogP contribution < -0.4 is 9.64 Å². The highest BCUT2D eigenvalue weighted by Gasteiger charge is 2.21. The second-order valence-electron chi connectivity index (χ2n) is 6.78. The summed E-state index contributed by atoms with van der Waals surface area (Å²) in [7, 11) is 1.72. The Labute approximate surface area is 161 Å². The van der Waals surface area contributed by atoms with E-state index in [1.54, 1.807) is 7.11 Å². The Kier molecular flexibility index (Phi) is 7.07. The fourth-order valence-electron chi connectivity index (χ4n) is 3.63. The van der Waals surface area contributed by atoms with Crippen molar-refractivity contribution in [3.63, 3.8) is 0 Å². The molecule has 27 heavy (non-hydrogen) atoms. The first-order chi connectivity index (χ1) is 13.2. The van der Waals surface area contributed by atoms with E-state index < -0.39 is 0 Å². The van der Waals surface area contributed by atoms with Gasteiger partial charge in [-0.05, 0) is 43.2 Å². The molecule has 3 rings (SSSR count). The normalized spacial score (nSPS) is 16.3. The monoisotopic (exact) mass is 372 g/mol. The second-order valence-corrected chi connectivity index (χ2v) is 6.78. The Morgan fingerprint density at radius 3 is 2.37 bits per heavy atom. The zero-order valence-corrected chi connectivity index (χ0v) is 16.2. The van der Waals surface area contributed by atoms with E-state index in [1.165, 1.54) is 12.1 Å². The van der Waals surface area contributed by atoms with Crippen molar-refractivity contribution in [3.05, 3.63) is 59.9 Å². The number of anilines is 1. The summed E-state index contributed by atoms with van der Waals surface area (Å²) < 4.78 is 24.6. The van der Waals surface area contributed by atoms with Gasteiger partial charge in [0.05, 0.1) is 18.9 Å². The Hall–Kier alpha value is -2.11. The van der Waals surface area contributed by atoms with Crippen molar-refractivity contribution in [1.82, 2.24) is 4.90 Å². The molecule has 0 radical (unpaired) electrons. The van der Waals surface area contributed by atoms with Crippen LogP contribution >= 0.6 is 0 Å². The maximum atomic E-state index is 13.2. The molecule has 1 atom stereocenters. The molecule has 1 aliphatic heterocycles. The van der Waals surface area contributed by atoms with Gasteiger partial charge in [-0.3, -0.25) is 4.90 Å². The molecule has 1 heterocycles. The van der Waals surface area contributed by atoms with Crippen molar-refractivity contribution in [3.8, 4) is 5.75 Å². The van der Waals surface area contributed by atoms with Crippen LogP contribution in [0.2, 0.25) is 0 Å². The topological polar surface area (TPSA) is 24.9 Å². The number of para-hydroxylation sites is 2. The van der Waals surface area contributed by atoms with E-state index >= 15 is 0 Å². The van der Waals surface area contributed by atoms with E-state index in [9.17, 15) is 4.39 Å². The zero-order valence-electron chi connectivity index (χ0n) is 16.2. The zero-order chi connectivity index (χ0) is 19.1. The largest absolute Gasteiger partial charge is 0.495 e. The molecule has 0 aliphatic carbocycles. The third kappa shape index (κ3) is 5.21. The molecule has 5 heteroatoms. The summed E-state index contributed by atoms with van der Waals surface area (Å²) in [5, 5.41) is 0. The van der Waals surface area contributed by atoms with E-state index in [0.717, 1.165) is 56.1 Å². The van der Waals surface area contributed by atoms with Crippen LogP contribution in [-0.2, 0) is 4.74 Å². The number of nitrogens with zero attached hydrogens (tertiary/aromatic N) is 2. The van der Waals surface area contributed by atoms with Crippen LogP contribution in [0.5, 0.6) is 5.75 Å². The molecule has 1 saturated heterocycles. The third-order valence-electron chi connectivity index (χ3n) is 5.12. The average Bonchev–Trinajstić information content (AvgIpc) is 2.72. The summed E-state index contributed by atoms with van der Waals surface area (Å²) in [6.45, 7) is 7.63. The van der Waals surface area contributed by atoms with Crippen LogP contribution in [0.15, 0.2) is 48.5 Å². The van der Waals surface area contributed by atoms with Crippen LogP contribution in [-0.4, -0.2) is 51.3 Å². The van der Waals surface area contributed by atoms with E-state index in [-0.39, 0.29) is 11.9 Å². The quantitative estimate of drug-likeness (QED) is 0.696. The number of ether oxygens (including phenoxy) is 2. The second kappa shape index (κ2) is 9.72. The van der Waals surface area contributed by atoms with Gasteiger partial charge in [0.1, 0.15) is 11.6 Å². The predicted molar refractivity (Wildman–Crippen MR) is 107 cm³/mol. The van der Waals surface area contributed by atoms with Crippen molar-refractivity contribution in [1.29, 1.82) is 0 Å². The molecule has 0 bridgehead atoms. The molecular weight excluding hydrogens is 343 g/mol. The number of halogens is 1. The molecule has 0 saturated carbocycles. The summed E-state index contributed by atoms with van der Waals surface area (Å²) in [5.74, 6) is 0.722. The first-order valence-electron chi connectivity index (χ1n) is 9.68. The molecule has 2 aromatic carbocycles. The smallest absolute Gasteiger partial charge is 0.142 e. The minimum absolute atomic E-state index is 0.0165. The Balaban J connectivity index is 1.53. The van der Waals surface area contributed by atoms with Gasteiger partial charge in [0.25, 0.3) is 0 Å². The fraction of sp³-hybridized carbons (Fsp3) is 0.455. The van der Waals surface area contributed by atoms with Gasteiger partial charge in [-0.15, -0.1) is 0 Å². The van der Waals surface area contributed by atoms with Gasteiger partial charge in [-0.1, -0.05) is 24.3 Å². The third-order valence-corrected chi connectivity index (χ3v) is 5.12. The minimum Gasteiger partial charge on any atom is -0.495 e. The van der Waals surface area contributed by atoms with Crippen LogP contribution in [0.4, 0.5) is 10.1 Å². The standard InChI is InChI=1S/C22H29FN2O2/c1-3-27-21(18-8-10-19(23)11-9-18)12-13-24-14-16-25(17-15-24)20-6-4-5-7-22(20)26-2/h4-11,21H,3,12-17H2,1-2H3. The van der Waals surface area contributed by atoms with Crippen molar-refractivity contribution in [2.45, 2.75) is 19.4 Å². The van der Waals surface area contributed by atoms with Gasteiger partial charge in [0, 0.05) is 39.3 Å². The number of hydrogen-bond donors (Lipinski definition) is 0. The molecule has 1 aliphatic rings. The lowest BCUT2D eigenvalue weighted by molar-refractivity contribution is 0.0470. The van der Waals surface area contributed by atoms with Gasteiger partial charge in [-0.2, -0.15) is 0 Å². The van der Waals surface area contributed by atoms with Crippen molar-refractivity contribution >= 4 is 5.69 Å². The Bertz CT molecular complexity index is 700. The highest BCUT2D eigenvalue weighted by Crippen LogP contribution is 2.28. The van der Waals surface area contributed by atoms with Crippen LogP contribution in [0, 0.1) is 5.82 Å². The first kappa shape index (κ1) is 19.6. The first-order valence-corrected chi connectivity index (χ1v) is 9.68. The summed E-state index contributed by atoms with van der Waals surface area (Å²) in [6.07, 6.45) is 0.927. The number of piperazine rings is 1. The molecule has 2 aromatic rings. The highest BCUT2D eigenvalue weighted by atomic mass is 19.1. The summed E-state index contributed by atoms with van der Waals surface area (Å²) in [5.41, 5.74) is 2.21. The van der Waals surface area contributed by atoms with E-state index in [0.29, 0.717) is 6.61 Å². The molecule has 0 spiro atoms. The van der Waals surface area contributed by atoms with E-state index in [2.05, 4.69) is 21.9 Å². The Morgan fingerprint density at radius 2 is 1.70 bits per heavy atom. The minimum atomic E-state index is -0.207. The lowest BCUT2D eigenvalue weighted by atomic mass is 10.1. The van der Waals surface area contributed by atoms with Crippen LogP contribution in [0.25, 0.3) is 0 Å². The maximum absolute atomic E-state index is 13.2. The van der Waals surface area contributed by atoms with E-state index in [1.807, 2.05) is 31.2 Å². The molecular formula is C22H29FN2O2. The lowest BCUT2D eigenvalue weighted by Gasteiger charge is -2.37. The molecule has 1 unspecified atom stereocenters. The molecule has 0 aromatic heterocycles. The highest BCUT2D eigenvalue weighted by molar-refractivity contribution is 5.58. The predicted octanol–water partition coefficient (Wildman–Crippen LogP) is 4.12. The van der Waals surface area contributed by atoms with Gasteiger partial charge in [-0.25, -0.2) is 4.39 Å². The van der Waals surface area contributed by atoms with Crippen LogP contribution in [0.1, 0.15) is 25.0 Å².